The van der Waals surface area contributed by atoms with Crippen molar-refractivity contribution in [3.05, 3.63) is 27.1 Å². The molecule has 68 valence electrons. The van der Waals surface area contributed by atoms with E-state index in [2.05, 4.69) is 22.6 Å². The van der Waals surface area contributed by atoms with Gasteiger partial charge in [0.1, 0.15) is 0 Å². The molecule has 0 atom stereocenters. The summed E-state index contributed by atoms with van der Waals surface area (Å²) >= 11 is 2.05. The summed E-state index contributed by atoms with van der Waals surface area (Å²) < 4.78 is 18.8. The third-order valence-corrected chi connectivity index (χ3v) is 2.59. The van der Waals surface area contributed by atoms with Gasteiger partial charge in [0.05, 0.1) is 19.6 Å². The second-order valence-electron chi connectivity index (χ2n) is 2.41. The highest BCUT2D eigenvalue weighted by Crippen LogP contribution is 2.23. The maximum Gasteiger partial charge on any atom is 0.165 e. The van der Waals surface area contributed by atoms with Gasteiger partial charge >= 0.3 is 0 Å². The fourth-order valence-electron chi connectivity index (χ4n) is 0.947. The second-order valence-corrected chi connectivity index (χ2v) is 3.58. The van der Waals surface area contributed by atoms with E-state index >= 15 is 0 Å². The molecular weight excluding hydrogens is 284 g/mol. The molecule has 0 aliphatic carbocycles. The van der Waals surface area contributed by atoms with Gasteiger partial charge in [-0.15, -0.1) is 0 Å². The highest BCUT2D eigenvalue weighted by atomic mass is 127. The van der Waals surface area contributed by atoms with E-state index in [1.807, 2.05) is 6.07 Å². The molecular formula is C9H7FINO. The standard InChI is InChI=1S/C9H7FINO/c1-13-9-5-8(11)6(2-3-12)4-7(9)10/h4-5H,2H2,1H3. The third-order valence-electron chi connectivity index (χ3n) is 1.59. The highest BCUT2D eigenvalue weighted by molar-refractivity contribution is 14.1. The summed E-state index contributed by atoms with van der Waals surface area (Å²) in [5.74, 6) is -0.209. The molecule has 0 amide bonds. The zero-order valence-electron chi connectivity index (χ0n) is 6.97. The zero-order valence-corrected chi connectivity index (χ0v) is 9.13. The van der Waals surface area contributed by atoms with Gasteiger partial charge in [-0.1, -0.05) is 0 Å². The average Bonchev–Trinajstić information content (AvgIpc) is 2.11. The number of rotatable bonds is 2. The summed E-state index contributed by atoms with van der Waals surface area (Å²) in [6, 6.07) is 4.90. The smallest absolute Gasteiger partial charge is 0.165 e. The fourth-order valence-corrected chi connectivity index (χ4v) is 1.58. The predicted octanol–water partition coefficient (Wildman–Crippen LogP) is 2.50. The number of hydrogen-bond acceptors (Lipinski definition) is 2. The first-order chi connectivity index (χ1) is 6.19. The largest absolute Gasteiger partial charge is 0.494 e. The molecule has 0 heterocycles. The van der Waals surface area contributed by atoms with Crippen molar-refractivity contribution in [1.29, 1.82) is 5.26 Å². The lowest BCUT2D eigenvalue weighted by atomic mass is 10.1. The molecule has 1 rings (SSSR count). The van der Waals surface area contributed by atoms with Crippen molar-refractivity contribution in [3.8, 4) is 11.8 Å². The molecule has 0 N–H and O–H groups in total. The molecule has 0 saturated carbocycles. The molecule has 0 saturated heterocycles. The van der Waals surface area contributed by atoms with Crippen LogP contribution in [0.25, 0.3) is 0 Å². The van der Waals surface area contributed by atoms with Crippen LogP contribution in [0.1, 0.15) is 5.56 Å². The van der Waals surface area contributed by atoms with Gasteiger partial charge in [0.15, 0.2) is 11.6 Å². The lowest BCUT2D eigenvalue weighted by Gasteiger charge is -2.05. The Hall–Kier alpha value is -0.830. The van der Waals surface area contributed by atoms with Crippen molar-refractivity contribution in [2.75, 3.05) is 7.11 Å². The Labute approximate surface area is 89.5 Å². The molecule has 4 heteroatoms. The van der Waals surface area contributed by atoms with Crippen LogP contribution in [0, 0.1) is 20.7 Å². The number of hydrogen-bond donors (Lipinski definition) is 0. The summed E-state index contributed by atoms with van der Waals surface area (Å²) in [5.41, 5.74) is 0.696. The lowest BCUT2D eigenvalue weighted by molar-refractivity contribution is 0.386. The maximum atomic E-state index is 13.1. The summed E-state index contributed by atoms with van der Waals surface area (Å²) in [4.78, 5) is 0. The summed E-state index contributed by atoms with van der Waals surface area (Å²) in [7, 11) is 1.42. The molecule has 0 aliphatic heterocycles. The Bertz CT molecular complexity index is 359. The number of methoxy groups -OCH3 is 1. The number of benzene rings is 1. The number of nitriles is 1. The first-order valence-corrected chi connectivity index (χ1v) is 4.65. The molecule has 1 aromatic carbocycles. The fraction of sp³-hybridized carbons (Fsp3) is 0.222. The Morgan fingerprint density at radius 1 is 1.62 bits per heavy atom. The van der Waals surface area contributed by atoms with Gasteiger partial charge < -0.3 is 4.74 Å². The van der Waals surface area contributed by atoms with E-state index in [0.717, 1.165) is 3.57 Å². The molecule has 0 fully saturated rings. The Kier molecular flexibility index (Phi) is 3.48. The minimum atomic E-state index is -0.423. The van der Waals surface area contributed by atoms with Crippen LogP contribution in [-0.4, -0.2) is 7.11 Å². The van der Waals surface area contributed by atoms with E-state index in [9.17, 15) is 4.39 Å². The van der Waals surface area contributed by atoms with E-state index in [1.165, 1.54) is 13.2 Å². The van der Waals surface area contributed by atoms with E-state index in [0.29, 0.717) is 5.56 Å². The van der Waals surface area contributed by atoms with Crippen molar-refractivity contribution in [1.82, 2.24) is 0 Å². The molecule has 13 heavy (non-hydrogen) atoms. The minimum absolute atomic E-state index is 0.214. The molecule has 0 spiro atoms. The molecule has 0 aromatic heterocycles. The van der Waals surface area contributed by atoms with Crippen LogP contribution in [0.5, 0.6) is 5.75 Å². The summed E-state index contributed by atoms with van der Waals surface area (Å²) in [5, 5.41) is 8.45. The topological polar surface area (TPSA) is 33.0 Å². The minimum Gasteiger partial charge on any atom is -0.494 e. The van der Waals surface area contributed by atoms with Crippen LogP contribution >= 0.6 is 22.6 Å². The zero-order chi connectivity index (χ0) is 9.84. The normalized spacial score (nSPS) is 9.38. The highest BCUT2D eigenvalue weighted by Gasteiger charge is 2.07. The number of halogens is 2. The molecule has 0 radical (unpaired) electrons. The van der Waals surface area contributed by atoms with Crippen LogP contribution in [-0.2, 0) is 6.42 Å². The van der Waals surface area contributed by atoms with E-state index in [1.54, 1.807) is 6.07 Å². The first-order valence-electron chi connectivity index (χ1n) is 3.58. The van der Waals surface area contributed by atoms with Crippen LogP contribution in [0.15, 0.2) is 12.1 Å². The Balaban J connectivity index is 3.14. The monoisotopic (exact) mass is 291 g/mol. The van der Waals surface area contributed by atoms with Crippen molar-refractivity contribution < 1.29 is 9.13 Å². The first kappa shape index (κ1) is 10.3. The summed E-state index contributed by atoms with van der Waals surface area (Å²) in [6.07, 6.45) is 0.221. The summed E-state index contributed by atoms with van der Waals surface area (Å²) in [6.45, 7) is 0. The van der Waals surface area contributed by atoms with Gasteiger partial charge in [0.2, 0.25) is 0 Å². The van der Waals surface area contributed by atoms with Crippen LogP contribution in [0.4, 0.5) is 4.39 Å². The van der Waals surface area contributed by atoms with Gasteiger partial charge in [-0.3, -0.25) is 0 Å². The quantitative estimate of drug-likeness (QED) is 0.784. The van der Waals surface area contributed by atoms with E-state index in [4.69, 9.17) is 10.00 Å². The SMILES string of the molecule is COc1cc(I)c(CC#N)cc1F. The van der Waals surface area contributed by atoms with Gasteiger partial charge in [-0.25, -0.2) is 4.39 Å². The second kappa shape index (κ2) is 4.42. The van der Waals surface area contributed by atoms with Crippen LogP contribution < -0.4 is 4.74 Å². The molecule has 0 unspecified atom stereocenters. The van der Waals surface area contributed by atoms with Crippen LogP contribution in [0.2, 0.25) is 0 Å². The van der Waals surface area contributed by atoms with Crippen molar-refractivity contribution in [3.63, 3.8) is 0 Å². The molecule has 1 aromatic rings. The predicted molar refractivity (Wildman–Crippen MR) is 55.0 cm³/mol. The maximum absolute atomic E-state index is 13.1. The average molecular weight is 291 g/mol. The molecule has 0 aliphatic rings. The molecule has 0 bridgehead atoms. The number of nitrogens with zero attached hydrogens (tertiary/aromatic N) is 1. The Morgan fingerprint density at radius 3 is 2.85 bits per heavy atom. The van der Waals surface area contributed by atoms with E-state index < -0.39 is 5.82 Å². The Morgan fingerprint density at radius 2 is 2.31 bits per heavy atom. The van der Waals surface area contributed by atoms with Crippen LogP contribution in [0.3, 0.4) is 0 Å². The van der Waals surface area contributed by atoms with Crippen molar-refractivity contribution in [2.45, 2.75) is 6.42 Å². The van der Waals surface area contributed by atoms with Crippen molar-refractivity contribution >= 4 is 22.6 Å². The number of ether oxygens (including phenoxy) is 1. The van der Waals surface area contributed by atoms with Gasteiger partial charge in [-0.2, -0.15) is 5.26 Å². The van der Waals surface area contributed by atoms with Crippen molar-refractivity contribution in [2.24, 2.45) is 0 Å². The lowest BCUT2D eigenvalue weighted by Crippen LogP contribution is -1.94. The van der Waals surface area contributed by atoms with Gasteiger partial charge in [0, 0.05) is 3.57 Å². The van der Waals surface area contributed by atoms with E-state index in [-0.39, 0.29) is 12.2 Å². The van der Waals surface area contributed by atoms with Gasteiger partial charge in [0.25, 0.3) is 0 Å². The third kappa shape index (κ3) is 2.31. The van der Waals surface area contributed by atoms with Gasteiger partial charge in [-0.05, 0) is 40.3 Å². The molecule has 2 nitrogen and oxygen atoms in total.